The fourth-order valence-electron chi connectivity index (χ4n) is 2.53. The Balaban J connectivity index is 1.84. The number of benzene rings is 2. The van der Waals surface area contributed by atoms with E-state index in [0.717, 1.165) is 24.3 Å². The van der Waals surface area contributed by atoms with E-state index in [4.69, 9.17) is 0 Å². The van der Waals surface area contributed by atoms with Crippen LogP contribution in [0.1, 0.15) is 18.9 Å². The third-order valence-corrected chi connectivity index (χ3v) is 5.03. The second kappa shape index (κ2) is 6.44. The molecule has 3 rings (SSSR count). The predicted molar refractivity (Wildman–Crippen MR) is 93.9 cm³/mol. The van der Waals surface area contributed by atoms with Gasteiger partial charge in [-0.25, -0.2) is 4.79 Å². The Morgan fingerprint density at radius 2 is 1.91 bits per heavy atom. The summed E-state index contributed by atoms with van der Waals surface area (Å²) in [5.41, 5.74) is 3.02. The minimum Gasteiger partial charge on any atom is -0.308 e. The van der Waals surface area contributed by atoms with Gasteiger partial charge in [-0.3, -0.25) is 4.90 Å². The van der Waals surface area contributed by atoms with Crippen molar-refractivity contribution in [3.63, 3.8) is 0 Å². The van der Waals surface area contributed by atoms with Gasteiger partial charge in [0.15, 0.2) is 0 Å². The topological polar surface area (TPSA) is 32.3 Å². The number of rotatable bonds is 1. The quantitative estimate of drug-likeness (QED) is 0.810. The Hall–Kier alpha value is -1.94. The highest BCUT2D eigenvalue weighted by Gasteiger charge is 2.24. The number of anilines is 2. The van der Waals surface area contributed by atoms with E-state index < -0.39 is 0 Å². The molecule has 0 radical (unpaired) electrons. The number of urea groups is 1. The number of amides is 2. The Bertz CT molecular complexity index is 669. The van der Waals surface area contributed by atoms with Crippen molar-refractivity contribution in [3.05, 3.63) is 54.1 Å². The highest BCUT2D eigenvalue weighted by Crippen LogP contribution is 2.37. The summed E-state index contributed by atoms with van der Waals surface area (Å²) in [6, 6.07) is 16.0. The van der Waals surface area contributed by atoms with E-state index in [-0.39, 0.29) is 6.03 Å². The lowest BCUT2D eigenvalue weighted by Gasteiger charge is -2.23. The fourth-order valence-corrected chi connectivity index (χ4v) is 3.64. The van der Waals surface area contributed by atoms with Crippen LogP contribution < -0.4 is 10.2 Å². The van der Waals surface area contributed by atoms with E-state index in [2.05, 4.69) is 18.3 Å². The first-order valence-electron chi connectivity index (χ1n) is 7.54. The van der Waals surface area contributed by atoms with Crippen LogP contribution in [0.3, 0.4) is 0 Å². The molecule has 3 nitrogen and oxygen atoms in total. The number of nitrogens with one attached hydrogen (secondary N) is 1. The zero-order valence-corrected chi connectivity index (χ0v) is 13.7. The molecule has 0 spiro atoms. The van der Waals surface area contributed by atoms with Gasteiger partial charge in [-0.1, -0.05) is 36.8 Å². The van der Waals surface area contributed by atoms with E-state index in [0.29, 0.717) is 5.25 Å². The van der Waals surface area contributed by atoms with Crippen molar-refractivity contribution >= 4 is 29.2 Å². The van der Waals surface area contributed by atoms with E-state index in [1.807, 2.05) is 66.1 Å². The lowest BCUT2D eigenvalue weighted by Crippen LogP contribution is -2.36. The van der Waals surface area contributed by atoms with Crippen molar-refractivity contribution in [2.45, 2.75) is 30.4 Å². The molecule has 4 heteroatoms. The first kappa shape index (κ1) is 15.0. The number of aryl methyl sites for hydroxylation is 1. The van der Waals surface area contributed by atoms with Crippen LogP contribution in [0.5, 0.6) is 0 Å². The Kier molecular flexibility index (Phi) is 4.39. The van der Waals surface area contributed by atoms with E-state index in [1.54, 1.807) is 0 Å². The number of carbonyl (C=O) groups excluding carboxylic acids is 1. The molecule has 0 saturated carbocycles. The average molecular weight is 312 g/mol. The van der Waals surface area contributed by atoms with E-state index in [1.165, 1.54) is 10.5 Å². The van der Waals surface area contributed by atoms with E-state index >= 15 is 0 Å². The molecule has 2 amide bonds. The summed E-state index contributed by atoms with van der Waals surface area (Å²) in [6.45, 7) is 4.99. The molecule has 114 valence electrons. The Labute approximate surface area is 135 Å². The molecular formula is C18H20N2OS. The molecule has 0 aliphatic carbocycles. The third-order valence-electron chi connectivity index (χ3n) is 3.79. The van der Waals surface area contributed by atoms with Crippen LogP contribution in [0.4, 0.5) is 16.2 Å². The molecule has 1 heterocycles. The van der Waals surface area contributed by atoms with E-state index in [9.17, 15) is 4.79 Å². The van der Waals surface area contributed by atoms with Gasteiger partial charge in [0.05, 0.1) is 5.69 Å². The molecule has 22 heavy (non-hydrogen) atoms. The summed E-state index contributed by atoms with van der Waals surface area (Å²) in [5, 5.41) is 3.51. The number of thioether (sulfide) groups is 1. The second-order valence-corrected chi connectivity index (χ2v) is 7.11. The second-order valence-electron chi connectivity index (χ2n) is 5.63. The van der Waals surface area contributed by atoms with Gasteiger partial charge < -0.3 is 5.32 Å². The summed E-state index contributed by atoms with van der Waals surface area (Å²) >= 11 is 1.84. The average Bonchev–Trinajstić information content (AvgIpc) is 2.68. The van der Waals surface area contributed by atoms with Crippen molar-refractivity contribution in [1.29, 1.82) is 0 Å². The van der Waals surface area contributed by atoms with Crippen molar-refractivity contribution in [2.24, 2.45) is 0 Å². The van der Waals surface area contributed by atoms with Gasteiger partial charge in [0.1, 0.15) is 0 Å². The van der Waals surface area contributed by atoms with Crippen LogP contribution >= 0.6 is 11.8 Å². The van der Waals surface area contributed by atoms with Crippen LogP contribution in [-0.4, -0.2) is 17.8 Å². The molecule has 2 aromatic rings. The van der Waals surface area contributed by atoms with Crippen molar-refractivity contribution in [1.82, 2.24) is 0 Å². The smallest absolute Gasteiger partial charge is 0.308 e. The third kappa shape index (κ3) is 3.28. The van der Waals surface area contributed by atoms with Crippen LogP contribution in [0.25, 0.3) is 0 Å². The van der Waals surface area contributed by atoms with Crippen molar-refractivity contribution < 1.29 is 4.79 Å². The Morgan fingerprint density at radius 1 is 1.18 bits per heavy atom. The lowest BCUT2D eigenvalue weighted by atomic mass is 10.2. The minimum atomic E-state index is -0.0639. The number of hydrogen-bond acceptors (Lipinski definition) is 2. The summed E-state index contributed by atoms with van der Waals surface area (Å²) in [7, 11) is 0. The van der Waals surface area contributed by atoms with Gasteiger partial charge in [-0.15, -0.1) is 11.8 Å². The summed E-state index contributed by atoms with van der Waals surface area (Å²) in [4.78, 5) is 15.7. The molecule has 1 atom stereocenters. The van der Waals surface area contributed by atoms with Gasteiger partial charge in [0.2, 0.25) is 0 Å². The van der Waals surface area contributed by atoms with Crippen LogP contribution in [0.15, 0.2) is 53.4 Å². The fraction of sp³-hybridized carbons (Fsp3) is 0.278. The van der Waals surface area contributed by atoms with Gasteiger partial charge in [-0.2, -0.15) is 0 Å². The lowest BCUT2D eigenvalue weighted by molar-refractivity contribution is 0.257. The maximum atomic E-state index is 12.7. The zero-order valence-electron chi connectivity index (χ0n) is 12.9. The largest absolute Gasteiger partial charge is 0.326 e. The first-order chi connectivity index (χ1) is 10.6. The van der Waals surface area contributed by atoms with Crippen molar-refractivity contribution in [2.75, 3.05) is 16.8 Å². The zero-order chi connectivity index (χ0) is 15.5. The maximum Gasteiger partial charge on any atom is 0.326 e. The number of hydrogen-bond donors (Lipinski definition) is 1. The highest BCUT2D eigenvalue weighted by molar-refractivity contribution is 8.00. The summed E-state index contributed by atoms with van der Waals surface area (Å²) in [5.74, 6) is 0. The molecule has 0 fully saturated rings. The molecule has 0 saturated heterocycles. The standard InChI is InChI=1S/C18H20N2OS/c1-13-7-9-15(10-8-13)19-18(21)20-12-11-14(2)22-17-6-4-3-5-16(17)20/h3-10,14H,11-12H2,1-2H3,(H,19,21)/t14-/m1/s1. The van der Waals surface area contributed by atoms with Gasteiger partial charge in [-0.05, 0) is 37.6 Å². The van der Waals surface area contributed by atoms with Gasteiger partial charge in [0.25, 0.3) is 0 Å². The normalized spacial score (nSPS) is 17.5. The molecule has 1 N–H and O–H groups in total. The summed E-state index contributed by atoms with van der Waals surface area (Å²) in [6.07, 6.45) is 0.987. The number of nitrogens with zero attached hydrogens (tertiary/aromatic N) is 1. The highest BCUT2D eigenvalue weighted by atomic mass is 32.2. The SMILES string of the molecule is Cc1ccc(NC(=O)N2CC[C@@H](C)Sc3ccccc32)cc1. The predicted octanol–water partition coefficient (Wildman–Crippen LogP) is 4.92. The summed E-state index contributed by atoms with van der Waals surface area (Å²) < 4.78 is 0. The van der Waals surface area contributed by atoms with Gasteiger partial charge in [0, 0.05) is 22.4 Å². The maximum absolute atomic E-state index is 12.7. The Morgan fingerprint density at radius 3 is 2.68 bits per heavy atom. The number of para-hydroxylation sites is 1. The molecular weight excluding hydrogens is 292 g/mol. The monoisotopic (exact) mass is 312 g/mol. The molecule has 0 unspecified atom stereocenters. The molecule has 0 bridgehead atoms. The first-order valence-corrected chi connectivity index (χ1v) is 8.42. The number of fused-ring (bicyclic) bond motifs is 1. The van der Waals surface area contributed by atoms with Crippen LogP contribution in [0, 0.1) is 6.92 Å². The minimum absolute atomic E-state index is 0.0639. The van der Waals surface area contributed by atoms with Crippen LogP contribution in [-0.2, 0) is 0 Å². The molecule has 1 aliphatic rings. The van der Waals surface area contributed by atoms with Gasteiger partial charge >= 0.3 is 6.03 Å². The molecule has 0 aromatic heterocycles. The molecule has 2 aromatic carbocycles. The molecule has 1 aliphatic heterocycles. The van der Waals surface area contributed by atoms with Crippen molar-refractivity contribution in [3.8, 4) is 0 Å². The number of carbonyl (C=O) groups is 1. The van der Waals surface area contributed by atoms with Crippen LogP contribution in [0.2, 0.25) is 0 Å².